The van der Waals surface area contributed by atoms with Gasteiger partial charge < -0.3 is 15.5 Å². The summed E-state index contributed by atoms with van der Waals surface area (Å²) in [6.45, 7) is 3.37. The second kappa shape index (κ2) is 8.91. The first kappa shape index (κ1) is 16.0. The van der Waals surface area contributed by atoms with Crippen molar-refractivity contribution in [1.82, 2.24) is 15.5 Å². The zero-order valence-electron chi connectivity index (χ0n) is 12.2. The van der Waals surface area contributed by atoms with Crippen molar-refractivity contribution in [3.63, 3.8) is 0 Å². The van der Waals surface area contributed by atoms with E-state index in [4.69, 9.17) is 0 Å². The van der Waals surface area contributed by atoms with Crippen molar-refractivity contribution in [3.05, 3.63) is 0 Å². The maximum atomic E-state index is 11.5. The Labute approximate surface area is 116 Å². The van der Waals surface area contributed by atoms with Crippen molar-refractivity contribution in [1.29, 1.82) is 0 Å². The highest BCUT2D eigenvalue weighted by molar-refractivity contribution is 5.84. The summed E-state index contributed by atoms with van der Waals surface area (Å²) in [6.07, 6.45) is 6.97. The second-order valence-corrected chi connectivity index (χ2v) is 5.25. The first-order chi connectivity index (χ1) is 9.13. The van der Waals surface area contributed by atoms with Crippen LogP contribution >= 0.6 is 0 Å². The van der Waals surface area contributed by atoms with Gasteiger partial charge in [0.25, 0.3) is 0 Å². The molecule has 0 aromatic heterocycles. The number of hydrogen-bond donors (Lipinski definition) is 2. The molecule has 0 aromatic carbocycles. The maximum Gasteiger partial charge on any atom is 0.239 e. The van der Waals surface area contributed by atoms with E-state index < -0.39 is 0 Å². The smallest absolute Gasteiger partial charge is 0.239 e. The number of amides is 2. The molecule has 1 saturated carbocycles. The van der Waals surface area contributed by atoms with Gasteiger partial charge in [0, 0.05) is 25.6 Å². The number of hydrogen-bond acceptors (Lipinski definition) is 3. The molecule has 2 N–H and O–H groups in total. The summed E-state index contributed by atoms with van der Waals surface area (Å²) in [5.41, 5.74) is 0. The van der Waals surface area contributed by atoms with Crippen LogP contribution in [0.4, 0.5) is 0 Å². The molecule has 19 heavy (non-hydrogen) atoms. The molecule has 0 aromatic rings. The van der Waals surface area contributed by atoms with Crippen molar-refractivity contribution in [2.24, 2.45) is 0 Å². The largest absolute Gasteiger partial charge is 0.353 e. The average molecular weight is 269 g/mol. The molecule has 1 fully saturated rings. The lowest BCUT2D eigenvalue weighted by atomic mass is 9.94. The monoisotopic (exact) mass is 269 g/mol. The molecule has 0 saturated heterocycles. The molecule has 0 atom stereocenters. The van der Waals surface area contributed by atoms with E-state index in [0.717, 1.165) is 6.54 Å². The van der Waals surface area contributed by atoms with Crippen LogP contribution in [0.5, 0.6) is 0 Å². The summed E-state index contributed by atoms with van der Waals surface area (Å²) in [4.78, 5) is 24.8. The van der Waals surface area contributed by atoms with Gasteiger partial charge in [-0.2, -0.15) is 0 Å². The number of likely N-dealkylation sites (N-methyl/N-ethyl adjacent to an activating group) is 1. The summed E-state index contributed by atoms with van der Waals surface area (Å²) >= 11 is 0. The Morgan fingerprint density at radius 3 is 2.42 bits per heavy atom. The van der Waals surface area contributed by atoms with Crippen LogP contribution in [-0.2, 0) is 9.59 Å². The molecular weight excluding hydrogens is 242 g/mol. The third-order valence-electron chi connectivity index (χ3n) is 3.75. The minimum absolute atomic E-state index is 0.0832. The third-order valence-corrected chi connectivity index (χ3v) is 3.75. The normalized spacial score (nSPS) is 16.4. The Kier molecular flexibility index (Phi) is 7.48. The minimum Gasteiger partial charge on any atom is -0.353 e. The lowest BCUT2D eigenvalue weighted by Crippen LogP contribution is -2.42. The van der Waals surface area contributed by atoms with Gasteiger partial charge in [-0.25, -0.2) is 0 Å². The van der Waals surface area contributed by atoms with E-state index in [2.05, 4.69) is 22.6 Å². The first-order valence-electron chi connectivity index (χ1n) is 7.37. The van der Waals surface area contributed by atoms with E-state index in [-0.39, 0.29) is 18.4 Å². The van der Waals surface area contributed by atoms with E-state index in [0.29, 0.717) is 19.0 Å². The van der Waals surface area contributed by atoms with Crippen LogP contribution in [0.25, 0.3) is 0 Å². The number of carbonyl (C=O) groups is 2. The van der Waals surface area contributed by atoms with Crippen molar-refractivity contribution in [2.75, 3.05) is 26.7 Å². The van der Waals surface area contributed by atoms with Crippen LogP contribution in [0.15, 0.2) is 0 Å². The predicted molar refractivity (Wildman–Crippen MR) is 75.8 cm³/mol. The minimum atomic E-state index is -0.112. The molecule has 0 heterocycles. The molecule has 0 radical (unpaired) electrons. The highest BCUT2D eigenvalue weighted by Crippen LogP contribution is 2.20. The predicted octanol–water partition coefficient (Wildman–Crippen LogP) is 0.893. The molecule has 2 amide bonds. The molecule has 110 valence electrons. The van der Waals surface area contributed by atoms with Gasteiger partial charge in [0.1, 0.15) is 0 Å². The van der Waals surface area contributed by atoms with Gasteiger partial charge in [0.2, 0.25) is 11.8 Å². The Morgan fingerprint density at radius 2 is 1.79 bits per heavy atom. The van der Waals surface area contributed by atoms with Crippen LogP contribution in [0.3, 0.4) is 0 Å². The Bertz CT molecular complexity index is 288. The molecule has 1 aliphatic rings. The highest BCUT2D eigenvalue weighted by Gasteiger charge is 2.17. The van der Waals surface area contributed by atoms with E-state index >= 15 is 0 Å². The fraction of sp³-hybridized carbons (Fsp3) is 0.857. The third kappa shape index (κ3) is 6.57. The van der Waals surface area contributed by atoms with Crippen LogP contribution in [0.2, 0.25) is 0 Å². The summed E-state index contributed by atoms with van der Waals surface area (Å²) in [5.74, 6) is -0.201. The lowest BCUT2D eigenvalue weighted by molar-refractivity contribution is -0.125. The highest BCUT2D eigenvalue weighted by atomic mass is 16.2. The zero-order chi connectivity index (χ0) is 14.1. The van der Waals surface area contributed by atoms with Crippen LogP contribution in [-0.4, -0.2) is 49.4 Å². The van der Waals surface area contributed by atoms with Crippen molar-refractivity contribution in [3.8, 4) is 0 Å². The van der Waals surface area contributed by atoms with E-state index in [1.165, 1.54) is 32.1 Å². The second-order valence-electron chi connectivity index (χ2n) is 5.25. The molecule has 1 aliphatic carbocycles. The molecular formula is C14H27N3O2. The van der Waals surface area contributed by atoms with Gasteiger partial charge in [-0.05, 0) is 19.9 Å². The molecule has 1 rings (SSSR count). The SMILES string of the molecule is CCC(=O)NCC(=O)NCCN(C)C1CCCCC1. The Morgan fingerprint density at radius 1 is 1.11 bits per heavy atom. The van der Waals surface area contributed by atoms with Crippen molar-refractivity contribution < 1.29 is 9.59 Å². The fourth-order valence-electron chi connectivity index (χ4n) is 2.44. The van der Waals surface area contributed by atoms with Gasteiger partial charge in [-0.1, -0.05) is 26.2 Å². The standard InChI is InChI=1S/C14H27N3O2/c1-3-13(18)16-11-14(19)15-9-10-17(2)12-7-5-4-6-8-12/h12H,3-11H2,1-2H3,(H,15,19)(H,16,18). The molecule has 0 unspecified atom stereocenters. The van der Waals surface area contributed by atoms with Gasteiger partial charge in [-0.3, -0.25) is 9.59 Å². The Balaban J connectivity index is 2.08. The molecule has 0 aliphatic heterocycles. The van der Waals surface area contributed by atoms with Crippen LogP contribution in [0.1, 0.15) is 45.4 Å². The summed E-state index contributed by atoms with van der Waals surface area (Å²) in [6, 6.07) is 0.672. The first-order valence-corrected chi connectivity index (χ1v) is 7.37. The Hall–Kier alpha value is -1.10. The average Bonchev–Trinajstić information content (AvgIpc) is 2.45. The van der Waals surface area contributed by atoms with E-state index in [1.807, 2.05) is 0 Å². The van der Waals surface area contributed by atoms with Crippen molar-refractivity contribution >= 4 is 11.8 Å². The quantitative estimate of drug-likeness (QED) is 0.721. The zero-order valence-corrected chi connectivity index (χ0v) is 12.2. The summed E-state index contributed by atoms with van der Waals surface area (Å²) in [5, 5.41) is 5.41. The molecule has 5 heteroatoms. The number of nitrogens with one attached hydrogen (secondary N) is 2. The van der Waals surface area contributed by atoms with Gasteiger partial charge in [0.05, 0.1) is 6.54 Å². The fourth-order valence-corrected chi connectivity index (χ4v) is 2.44. The van der Waals surface area contributed by atoms with E-state index in [9.17, 15) is 9.59 Å². The summed E-state index contributed by atoms with van der Waals surface area (Å²) in [7, 11) is 2.13. The number of nitrogens with zero attached hydrogens (tertiary/aromatic N) is 1. The number of carbonyl (C=O) groups excluding carboxylic acids is 2. The van der Waals surface area contributed by atoms with Crippen molar-refractivity contribution in [2.45, 2.75) is 51.5 Å². The van der Waals surface area contributed by atoms with Crippen LogP contribution < -0.4 is 10.6 Å². The molecule has 0 spiro atoms. The van der Waals surface area contributed by atoms with Gasteiger partial charge in [0.15, 0.2) is 0 Å². The number of rotatable bonds is 7. The molecule has 0 bridgehead atoms. The topological polar surface area (TPSA) is 61.4 Å². The van der Waals surface area contributed by atoms with Crippen LogP contribution in [0, 0.1) is 0 Å². The lowest BCUT2D eigenvalue weighted by Gasteiger charge is -2.31. The summed E-state index contributed by atoms with van der Waals surface area (Å²) < 4.78 is 0. The van der Waals surface area contributed by atoms with Gasteiger partial charge >= 0.3 is 0 Å². The van der Waals surface area contributed by atoms with Gasteiger partial charge in [-0.15, -0.1) is 0 Å². The maximum absolute atomic E-state index is 11.5. The van der Waals surface area contributed by atoms with E-state index in [1.54, 1.807) is 6.92 Å². The molecule has 5 nitrogen and oxygen atoms in total.